The van der Waals surface area contributed by atoms with Crippen molar-refractivity contribution in [2.45, 2.75) is 31.6 Å². The maximum absolute atomic E-state index is 15.3. The van der Waals surface area contributed by atoms with Gasteiger partial charge in [-0.05, 0) is 59.8 Å². The molecule has 0 aliphatic heterocycles. The number of para-hydroxylation sites is 1. The van der Waals surface area contributed by atoms with Crippen LogP contribution in [0.3, 0.4) is 0 Å². The number of methoxy groups -OCH3 is 1. The van der Waals surface area contributed by atoms with Gasteiger partial charge in [-0.15, -0.1) is 0 Å². The molecule has 2 heterocycles. The van der Waals surface area contributed by atoms with Crippen LogP contribution in [0.1, 0.15) is 35.5 Å². The summed E-state index contributed by atoms with van der Waals surface area (Å²) < 4.78 is 84.3. The van der Waals surface area contributed by atoms with Crippen LogP contribution in [-0.2, 0) is 16.0 Å². The third-order valence-electron chi connectivity index (χ3n) is 6.73. The Morgan fingerprint density at radius 3 is 2.10 bits per heavy atom. The molecule has 0 aliphatic carbocycles. The third kappa shape index (κ3) is 9.59. The fourth-order valence-electron chi connectivity index (χ4n) is 4.44. The van der Waals surface area contributed by atoms with E-state index < -0.39 is 30.2 Å². The van der Waals surface area contributed by atoms with Crippen molar-refractivity contribution in [3.05, 3.63) is 101 Å². The topological polar surface area (TPSA) is 177 Å². The molecule has 0 saturated heterocycles. The van der Waals surface area contributed by atoms with Crippen LogP contribution < -0.4 is 16.2 Å². The van der Waals surface area contributed by atoms with Crippen molar-refractivity contribution in [1.82, 2.24) is 15.0 Å². The monoisotopic (exact) mass is 695 g/mol. The van der Waals surface area contributed by atoms with Crippen LogP contribution in [-0.4, -0.2) is 56.6 Å². The number of pyridine rings is 1. The Balaban J connectivity index is 0.000000392. The second kappa shape index (κ2) is 15.4. The number of aliphatic carboxylic acids is 2. The summed E-state index contributed by atoms with van der Waals surface area (Å²) in [6, 6.07) is 20.2. The number of halogens is 7. The smallest absolute Gasteiger partial charge is 0.490 e. The lowest BCUT2D eigenvalue weighted by Crippen LogP contribution is -2.21. The molecule has 49 heavy (non-hydrogen) atoms. The van der Waals surface area contributed by atoms with Crippen molar-refractivity contribution >= 4 is 34.2 Å². The average Bonchev–Trinajstić information content (AvgIpc) is 3.51. The van der Waals surface area contributed by atoms with Gasteiger partial charge in [0.05, 0.1) is 30.6 Å². The quantitative estimate of drug-likeness (QED) is 0.0929. The Kier molecular flexibility index (Phi) is 11.8. The highest BCUT2D eigenvalue weighted by molar-refractivity contribution is 5.93. The lowest BCUT2D eigenvalue weighted by molar-refractivity contribution is -0.193. The number of nitrogens with two attached hydrogens (primary N) is 2. The van der Waals surface area contributed by atoms with Gasteiger partial charge in [0, 0.05) is 22.2 Å². The fourth-order valence-corrected chi connectivity index (χ4v) is 4.44. The van der Waals surface area contributed by atoms with E-state index in [0.29, 0.717) is 34.3 Å². The number of nitrogens with one attached hydrogen (secondary N) is 1. The number of aromatic amines is 1. The van der Waals surface area contributed by atoms with Crippen LogP contribution in [0.25, 0.3) is 22.0 Å². The molecule has 0 spiro atoms. The van der Waals surface area contributed by atoms with Gasteiger partial charge in [0.15, 0.2) is 0 Å². The van der Waals surface area contributed by atoms with E-state index in [-0.39, 0.29) is 5.82 Å². The second-order valence-electron chi connectivity index (χ2n) is 10.0. The van der Waals surface area contributed by atoms with Crippen molar-refractivity contribution in [2.24, 2.45) is 0 Å². The van der Waals surface area contributed by atoms with E-state index >= 15 is 4.39 Å². The number of aryl methyl sites for hydroxylation is 1. The molecular formula is C32H28F7N5O5. The first-order valence-electron chi connectivity index (χ1n) is 13.9. The molecule has 17 heteroatoms. The fraction of sp³-hybridized carbons (Fsp3) is 0.188. The second-order valence-corrected chi connectivity index (χ2v) is 10.0. The molecule has 5 rings (SSSR count). The van der Waals surface area contributed by atoms with Crippen LogP contribution in [0, 0.1) is 5.82 Å². The maximum atomic E-state index is 15.3. The lowest BCUT2D eigenvalue weighted by atomic mass is 9.91. The number of benzene rings is 3. The first kappa shape index (κ1) is 37.6. The number of hydrogen-bond acceptors (Lipinski definition) is 7. The predicted octanol–water partition coefficient (Wildman–Crippen LogP) is 6.95. The van der Waals surface area contributed by atoms with Gasteiger partial charge in [-0.1, -0.05) is 31.2 Å². The van der Waals surface area contributed by atoms with E-state index in [9.17, 15) is 26.3 Å². The van der Waals surface area contributed by atoms with Crippen molar-refractivity contribution < 1.29 is 55.3 Å². The molecule has 0 bridgehead atoms. The van der Waals surface area contributed by atoms with Gasteiger partial charge < -0.3 is 31.4 Å². The van der Waals surface area contributed by atoms with E-state index in [1.165, 1.54) is 6.07 Å². The number of hydrogen-bond donors (Lipinski definition) is 5. The molecule has 0 saturated carbocycles. The van der Waals surface area contributed by atoms with Crippen molar-refractivity contribution in [3.63, 3.8) is 0 Å². The van der Waals surface area contributed by atoms with Crippen LogP contribution in [0.15, 0.2) is 72.9 Å². The number of carboxylic acid groups (broad SMARTS) is 2. The molecule has 1 atom stereocenters. The van der Waals surface area contributed by atoms with Crippen LogP contribution >= 0.6 is 0 Å². The molecule has 1 unspecified atom stereocenters. The average molecular weight is 696 g/mol. The number of nitrogen functional groups attached to an aromatic ring is 2. The summed E-state index contributed by atoms with van der Waals surface area (Å²) >= 11 is 0. The number of H-pyrrole nitrogens is 1. The van der Waals surface area contributed by atoms with Crippen LogP contribution in [0.5, 0.6) is 5.75 Å². The Labute approximate surface area is 273 Å². The van der Waals surface area contributed by atoms with Gasteiger partial charge in [0.1, 0.15) is 23.2 Å². The Bertz CT molecular complexity index is 1920. The molecule has 5 aromatic rings. The highest BCUT2D eigenvalue weighted by atomic mass is 19.4. The largest absolute Gasteiger partial charge is 0.496 e. The van der Waals surface area contributed by atoms with Crippen molar-refractivity contribution in [3.8, 4) is 17.0 Å². The molecule has 260 valence electrons. The summed E-state index contributed by atoms with van der Waals surface area (Å²) in [6.45, 7) is 2.04. The normalized spacial score (nSPS) is 11.9. The van der Waals surface area contributed by atoms with E-state index in [2.05, 4.69) is 15.0 Å². The molecule has 7 N–H and O–H groups in total. The van der Waals surface area contributed by atoms with Gasteiger partial charge in [-0.3, -0.25) is 0 Å². The molecule has 0 amide bonds. The van der Waals surface area contributed by atoms with Gasteiger partial charge in [0.2, 0.25) is 0 Å². The van der Waals surface area contributed by atoms with Gasteiger partial charge in [-0.2, -0.15) is 26.3 Å². The van der Waals surface area contributed by atoms with E-state index in [1.54, 1.807) is 25.4 Å². The first-order chi connectivity index (χ1) is 22.9. The zero-order valence-corrected chi connectivity index (χ0v) is 25.5. The summed E-state index contributed by atoms with van der Waals surface area (Å²) in [5, 5.41) is 15.9. The minimum absolute atomic E-state index is 0.338. The van der Waals surface area contributed by atoms with E-state index in [1.807, 2.05) is 55.5 Å². The number of imidazole rings is 1. The van der Waals surface area contributed by atoms with E-state index in [4.69, 9.17) is 36.0 Å². The number of aromatic nitrogens is 3. The summed E-state index contributed by atoms with van der Waals surface area (Å²) in [7, 11) is 1.62. The molecule has 0 fully saturated rings. The van der Waals surface area contributed by atoms with Gasteiger partial charge in [0.25, 0.3) is 0 Å². The van der Waals surface area contributed by atoms with Crippen LogP contribution in [0.2, 0.25) is 0 Å². The first-order valence-corrected chi connectivity index (χ1v) is 13.9. The number of nitrogens with zero attached hydrogens (tertiary/aromatic N) is 2. The third-order valence-corrected chi connectivity index (χ3v) is 6.73. The number of rotatable bonds is 6. The maximum Gasteiger partial charge on any atom is 0.490 e. The van der Waals surface area contributed by atoms with E-state index in [0.717, 1.165) is 34.0 Å². The summed E-state index contributed by atoms with van der Waals surface area (Å²) in [6.07, 6.45) is -7.67. The van der Waals surface area contributed by atoms with Crippen molar-refractivity contribution in [2.75, 3.05) is 18.6 Å². The zero-order chi connectivity index (χ0) is 36.7. The molecule has 0 aliphatic rings. The Morgan fingerprint density at radius 2 is 1.53 bits per heavy atom. The number of carboxylic acids is 2. The highest BCUT2D eigenvalue weighted by Crippen LogP contribution is 2.37. The molecule has 0 radical (unpaired) electrons. The predicted molar refractivity (Wildman–Crippen MR) is 165 cm³/mol. The molecule has 3 aromatic carbocycles. The number of ether oxygens (including phenoxy) is 1. The Morgan fingerprint density at radius 1 is 0.918 bits per heavy atom. The minimum atomic E-state index is -5.08. The summed E-state index contributed by atoms with van der Waals surface area (Å²) in [5.41, 5.74) is 16.7. The molecule has 10 nitrogen and oxygen atoms in total. The minimum Gasteiger partial charge on any atom is -0.496 e. The van der Waals surface area contributed by atoms with Gasteiger partial charge >= 0.3 is 24.3 Å². The highest BCUT2D eigenvalue weighted by Gasteiger charge is 2.39. The lowest BCUT2D eigenvalue weighted by Gasteiger charge is -2.18. The number of alkyl halides is 6. The Hall–Kier alpha value is -5.87. The summed E-state index contributed by atoms with van der Waals surface area (Å²) in [4.78, 5) is 30.5. The zero-order valence-electron chi connectivity index (χ0n) is 25.5. The number of carbonyl (C=O) groups is 2. The van der Waals surface area contributed by atoms with Crippen LogP contribution in [0.4, 0.5) is 42.2 Å². The SMILES string of the molecule is CCc1ccc(F)c(C(c2cc3cc(N)ccc3c(N)n2)c2ncc(-c3ccccc3OC)[nH]2)c1.O=C(O)C(F)(F)F.O=C(O)C(F)(F)F. The van der Waals surface area contributed by atoms with Crippen molar-refractivity contribution in [1.29, 1.82) is 0 Å². The number of fused-ring (bicyclic) bond motifs is 1. The number of anilines is 2. The molecule has 2 aromatic heterocycles. The standard InChI is InChI=1S/C28H26FN5O.2C2HF3O2/c1-3-16-8-11-22(29)21(12-16)26(23-14-17-13-18(30)9-10-19(17)27(31)33-23)28-32-15-24(34-28)20-6-4-5-7-25(20)35-2;2*3-2(4,5)1(6)7/h4-15,26H,3,30H2,1-2H3,(H2,31,33)(H,32,34);2*(H,6,7). The summed E-state index contributed by atoms with van der Waals surface area (Å²) in [5.74, 6) is -4.85. The van der Waals surface area contributed by atoms with Gasteiger partial charge in [-0.25, -0.2) is 23.9 Å². The molecular weight excluding hydrogens is 667 g/mol.